The first-order chi connectivity index (χ1) is 9.84. The summed E-state index contributed by atoms with van der Waals surface area (Å²) in [6.07, 6.45) is 0. The predicted octanol–water partition coefficient (Wildman–Crippen LogP) is 2.06. The third kappa shape index (κ3) is 8.22. The van der Waals surface area contributed by atoms with Crippen LogP contribution in [0.25, 0.3) is 0 Å². The first-order valence-corrected chi connectivity index (χ1v) is 7.08. The summed E-state index contributed by atoms with van der Waals surface area (Å²) < 4.78 is 21.1. The van der Waals surface area contributed by atoms with Gasteiger partial charge in [0, 0.05) is 5.88 Å². The van der Waals surface area contributed by atoms with Crippen LogP contribution in [0.2, 0.25) is 0 Å². The Bertz CT molecular complexity index is 348. The van der Waals surface area contributed by atoms with Crippen molar-refractivity contribution >= 4 is 11.6 Å². The van der Waals surface area contributed by atoms with Gasteiger partial charge < -0.3 is 24.1 Å². The summed E-state index contributed by atoms with van der Waals surface area (Å²) >= 11 is 5.45. The predicted molar refractivity (Wildman–Crippen MR) is 76.8 cm³/mol. The molecule has 0 saturated heterocycles. The van der Waals surface area contributed by atoms with Gasteiger partial charge in [-0.25, -0.2) is 0 Å². The van der Waals surface area contributed by atoms with Gasteiger partial charge in [0.25, 0.3) is 0 Å². The van der Waals surface area contributed by atoms with Gasteiger partial charge in [0.1, 0.15) is 6.61 Å². The van der Waals surface area contributed by atoms with Crippen LogP contribution in [0.15, 0.2) is 24.3 Å². The second-order valence-corrected chi connectivity index (χ2v) is 4.22. The van der Waals surface area contributed by atoms with E-state index >= 15 is 0 Å². The van der Waals surface area contributed by atoms with Crippen molar-refractivity contribution in [2.24, 2.45) is 0 Å². The van der Waals surface area contributed by atoms with Gasteiger partial charge in [-0.05, 0) is 12.1 Å². The van der Waals surface area contributed by atoms with Crippen molar-refractivity contribution in [1.29, 1.82) is 0 Å². The summed E-state index contributed by atoms with van der Waals surface area (Å²) in [7, 11) is 0. The van der Waals surface area contributed by atoms with Crippen LogP contribution >= 0.6 is 11.6 Å². The van der Waals surface area contributed by atoms with Gasteiger partial charge in [0.15, 0.2) is 11.5 Å². The van der Waals surface area contributed by atoms with E-state index in [1.54, 1.807) is 24.3 Å². The maximum Gasteiger partial charge on any atom is 0.161 e. The second kappa shape index (κ2) is 11.8. The first kappa shape index (κ1) is 17.0. The third-order valence-corrected chi connectivity index (χ3v) is 2.47. The van der Waals surface area contributed by atoms with Crippen molar-refractivity contribution in [3.63, 3.8) is 0 Å². The van der Waals surface area contributed by atoms with Crippen LogP contribution in [0.4, 0.5) is 0 Å². The van der Waals surface area contributed by atoms with E-state index in [1.807, 2.05) is 0 Å². The maximum atomic E-state index is 9.47. The number of rotatable bonds is 12. The molecule has 0 atom stereocenters. The zero-order valence-corrected chi connectivity index (χ0v) is 12.2. The van der Waals surface area contributed by atoms with Crippen molar-refractivity contribution < 1.29 is 24.1 Å². The number of phenolic OH excluding ortho intramolecular Hbond substituents is 1. The Hall–Kier alpha value is -1.01. The minimum Gasteiger partial charge on any atom is -0.504 e. The van der Waals surface area contributed by atoms with Crippen LogP contribution in [0, 0.1) is 0 Å². The molecule has 6 heteroatoms. The fourth-order valence-electron chi connectivity index (χ4n) is 1.39. The molecule has 114 valence electrons. The zero-order chi connectivity index (χ0) is 14.5. The average Bonchev–Trinajstić information content (AvgIpc) is 2.46. The summed E-state index contributed by atoms with van der Waals surface area (Å²) in [5, 5.41) is 9.47. The molecule has 0 aliphatic carbocycles. The summed E-state index contributed by atoms with van der Waals surface area (Å²) in [6, 6.07) is 6.83. The average molecular weight is 305 g/mol. The lowest BCUT2D eigenvalue weighted by Crippen LogP contribution is -2.13. The topological polar surface area (TPSA) is 57.2 Å². The molecule has 0 fully saturated rings. The number of alkyl halides is 1. The van der Waals surface area contributed by atoms with Crippen molar-refractivity contribution in [3.05, 3.63) is 24.3 Å². The summed E-state index contributed by atoms with van der Waals surface area (Å²) in [5.41, 5.74) is 0. The normalized spacial score (nSPS) is 10.7. The lowest BCUT2D eigenvalue weighted by Gasteiger charge is -2.08. The van der Waals surface area contributed by atoms with Crippen LogP contribution in [0.3, 0.4) is 0 Å². The molecule has 0 aliphatic heterocycles. The molecule has 0 aliphatic rings. The number of para-hydroxylation sites is 2. The number of hydrogen-bond acceptors (Lipinski definition) is 5. The van der Waals surface area contributed by atoms with Crippen molar-refractivity contribution in [1.82, 2.24) is 0 Å². The number of hydrogen-bond donors (Lipinski definition) is 1. The first-order valence-electron chi connectivity index (χ1n) is 6.54. The minimum atomic E-state index is 0.132. The second-order valence-electron chi connectivity index (χ2n) is 3.84. The molecular formula is C14H21ClO5. The van der Waals surface area contributed by atoms with E-state index < -0.39 is 0 Å². The van der Waals surface area contributed by atoms with E-state index in [9.17, 15) is 5.11 Å². The van der Waals surface area contributed by atoms with Gasteiger partial charge in [-0.1, -0.05) is 12.1 Å². The summed E-state index contributed by atoms with van der Waals surface area (Å²) in [4.78, 5) is 0. The Morgan fingerprint density at radius 2 is 1.35 bits per heavy atom. The summed E-state index contributed by atoms with van der Waals surface area (Å²) in [5.74, 6) is 1.09. The number of phenols is 1. The fourth-order valence-corrected chi connectivity index (χ4v) is 1.50. The monoisotopic (exact) mass is 304 g/mol. The standard InChI is InChI=1S/C14H21ClO5/c15-5-6-17-7-8-18-9-10-19-11-12-20-14-4-2-1-3-13(14)16/h1-4,16H,5-12H2. The third-order valence-electron chi connectivity index (χ3n) is 2.32. The fraction of sp³-hybridized carbons (Fsp3) is 0.571. The number of benzene rings is 1. The van der Waals surface area contributed by atoms with Crippen LogP contribution in [0.1, 0.15) is 0 Å². The zero-order valence-electron chi connectivity index (χ0n) is 11.4. The largest absolute Gasteiger partial charge is 0.504 e. The molecule has 0 heterocycles. The smallest absolute Gasteiger partial charge is 0.161 e. The molecule has 0 aromatic heterocycles. The van der Waals surface area contributed by atoms with Gasteiger partial charge in [-0.15, -0.1) is 11.6 Å². The lowest BCUT2D eigenvalue weighted by atomic mass is 10.3. The van der Waals surface area contributed by atoms with E-state index in [2.05, 4.69) is 0 Å². The van der Waals surface area contributed by atoms with Gasteiger partial charge in [0.05, 0.1) is 39.6 Å². The number of ether oxygens (including phenoxy) is 4. The molecule has 0 saturated carbocycles. The highest BCUT2D eigenvalue weighted by Crippen LogP contribution is 2.23. The molecule has 0 spiro atoms. The number of halogens is 1. The van der Waals surface area contributed by atoms with Crippen LogP contribution < -0.4 is 4.74 Å². The van der Waals surface area contributed by atoms with Gasteiger partial charge in [0.2, 0.25) is 0 Å². The molecule has 1 aromatic rings. The molecule has 0 unspecified atom stereocenters. The molecule has 1 rings (SSSR count). The Morgan fingerprint density at radius 3 is 1.95 bits per heavy atom. The Labute approximate surface area is 124 Å². The molecule has 0 radical (unpaired) electrons. The van der Waals surface area contributed by atoms with E-state index in [-0.39, 0.29) is 5.75 Å². The van der Waals surface area contributed by atoms with E-state index in [1.165, 1.54) is 0 Å². The molecule has 0 amide bonds. The quantitative estimate of drug-likeness (QED) is 0.473. The van der Waals surface area contributed by atoms with Gasteiger partial charge in [-0.3, -0.25) is 0 Å². The molecule has 1 N–H and O–H groups in total. The van der Waals surface area contributed by atoms with Gasteiger partial charge >= 0.3 is 0 Å². The lowest BCUT2D eigenvalue weighted by molar-refractivity contribution is 0.0115. The Balaban J connectivity index is 1.87. The van der Waals surface area contributed by atoms with Crippen LogP contribution in [0.5, 0.6) is 11.5 Å². The SMILES string of the molecule is Oc1ccccc1OCCOCCOCCOCCCl. The van der Waals surface area contributed by atoms with E-state index in [0.717, 1.165) is 0 Å². The molecule has 5 nitrogen and oxygen atoms in total. The highest BCUT2D eigenvalue weighted by Gasteiger charge is 1.99. The Kier molecular flexibility index (Phi) is 10.0. The van der Waals surface area contributed by atoms with E-state index in [0.29, 0.717) is 57.9 Å². The highest BCUT2D eigenvalue weighted by atomic mass is 35.5. The van der Waals surface area contributed by atoms with Crippen molar-refractivity contribution in [2.45, 2.75) is 0 Å². The molecule has 0 bridgehead atoms. The summed E-state index contributed by atoms with van der Waals surface area (Å²) in [6.45, 7) is 3.47. The molecular weight excluding hydrogens is 284 g/mol. The number of aromatic hydroxyl groups is 1. The highest BCUT2D eigenvalue weighted by molar-refractivity contribution is 6.17. The van der Waals surface area contributed by atoms with Crippen LogP contribution in [-0.2, 0) is 14.2 Å². The minimum absolute atomic E-state index is 0.132. The molecule has 20 heavy (non-hydrogen) atoms. The van der Waals surface area contributed by atoms with Crippen molar-refractivity contribution in [2.75, 3.05) is 52.1 Å². The molecule has 1 aromatic carbocycles. The Morgan fingerprint density at radius 1 is 0.800 bits per heavy atom. The van der Waals surface area contributed by atoms with Crippen molar-refractivity contribution in [3.8, 4) is 11.5 Å². The van der Waals surface area contributed by atoms with Gasteiger partial charge in [-0.2, -0.15) is 0 Å². The maximum absolute atomic E-state index is 9.47. The van der Waals surface area contributed by atoms with Crippen LogP contribution in [-0.4, -0.2) is 57.2 Å². The van der Waals surface area contributed by atoms with E-state index in [4.69, 9.17) is 30.5 Å².